The molecule has 0 amide bonds. The maximum absolute atomic E-state index is 13.2. The molecule has 7 heteroatoms. The summed E-state index contributed by atoms with van der Waals surface area (Å²) >= 11 is 5.64. The summed E-state index contributed by atoms with van der Waals surface area (Å²) in [6.45, 7) is 1.06. The highest BCUT2D eigenvalue weighted by Crippen LogP contribution is 2.41. The summed E-state index contributed by atoms with van der Waals surface area (Å²) in [6, 6.07) is 10.0. The molecule has 2 heterocycles. The van der Waals surface area contributed by atoms with E-state index in [2.05, 4.69) is 22.3 Å². The number of halogens is 4. The van der Waals surface area contributed by atoms with Gasteiger partial charge in [-0.1, -0.05) is 41.9 Å². The van der Waals surface area contributed by atoms with Crippen molar-refractivity contribution >= 4 is 17.3 Å². The van der Waals surface area contributed by atoms with E-state index in [4.69, 9.17) is 11.6 Å². The van der Waals surface area contributed by atoms with Crippen LogP contribution in [0.25, 0.3) is 0 Å². The van der Waals surface area contributed by atoms with Crippen molar-refractivity contribution in [1.29, 1.82) is 0 Å². The molecule has 0 bridgehead atoms. The first kappa shape index (κ1) is 16.1. The number of anilines is 1. The summed E-state index contributed by atoms with van der Waals surface area (Å²) in [5, 5.41) is 6.32. The number of benzene rings is 1. The maximum Gasteiger partial charge on any atom is 0.421 e. The van der Waals surface area contributed by atoms with Crippen LogP contribution in [0.4, 0.5) is 18.9 Å². The molecule has 2 aromatic rings. The molecule has 1 aliphatic rings. The second-order valence-electron chi connectivity index (χ2n) is 5.57. The lowest BCUT2D eigenvalue weighted by Gasteiger charge is -2.34. The van der Waals surface area contributed by atoms with E-state index >= 15 is 0 Å². The normalized spacial score (nSPS) is 16.6. The van der Waals surface area contributed by atoms with E-state index in [1.54, 1.807) is 4.90 Å². The molecule has 0 aliphatic carbocycles. The number of alkyl halides is 3. The molecule has 1 aliphatic heterocycles. The second kappa shape index (κ2) is 6.35. The SMILES string of the molecule is FC(F)(F)c1c(N2CCC(c3ccccc3)CC2)cnnc1Cl. The smallest absolute Gasteiger partial charge is 0.370 e. The predicted molar refractivity (Wildman–Crippen MR) is 82.7 cm³/mol. The van der Waals surface area contributed by atoms with Crippen molar-refractivity contribution in [2.45, 2.75) is 24.9 Å². The Hall–Kier alpha value is -1.82. The fourth-order valence-corrected chi connectivity index (χ4v) is 3.28. The van der Waals surface area contributed by atoms with Gasteiger partial charge in [0.15, 0.2) is 5.15 Å². The number of rotatable bonds is 2. The van der Waals surface area contributed by atoms with Gasteiger partial charge in [-0.2, -0.15) is 18.3 Å². The molecule has 1 fully saturated rings. The van der Waals surface area contributed by atoms with E-state index in [1.165, 1.54) is 5.56 Å². The van der Waals surface area contributed by atoms with E-state index in [-0.39, 0.29) is 5.69 Å². The molecule has 0 saturated carbocycles. The van der Waals surface area contributed by atoms with Crippen LogP contribution in [-0.2, 0) is 6.18 Å². The van der Waals surface area contributed by atoms with Crippen molar-refractivity contribution in [3.63, 3.8) is 0 Å². The van der Waals surface area contributed by atoms with Crippen LogP contribution in [0.15, 0.2) is 36.5 Å². The topological polar surface area (TPSA) is 29.0 Å². The van der Waals surface area contributed by atoms with Crippen molar-refractivity contribution in [3.05, 3.63) is 52.8 Å². The molecule has 0 unspecified atom stereocenters. The quantitative estimate of drug-likeness (QED) is 0.803. The lowest BCUT2D eigenvalue weighted by Crippen LogP contribution is -2.34. The van der Waals surface area contributed by atoms with Gasteiger partial charge >= 0.3 is 6.18 Å². The summed E-state index contributed by atoms with van der Waals surface area (Å²) in [7, 11) is 0. The Balaban J connectivity index is 1.80. The Morgan fingerprint density at radius 2 is 1.74 bits per heavy atom. The zero-order chi connectivity index (χ0) is 16.4. The van der Waals surface area contributed by atoms with Gasteiger partial charge in [0.2, 0.25) is 0 Å². The number of hydrogen-bond acceptors (Lipinski definition) is 3. The van der Waals surface area contributed by atoms with Crippen molar-refractivity contribution < 1.29 is 13.2 Å². The highest BCUT2D eigenvalue weighted by molar-refractivity contribution is 6.30. The van der Waals surface area contributed by atoms with Gasteiger partial charge in [0, 0.05) is 13.1 Å². The van der Waals surface area contributed by atoms with Gasteiger partial charge < -0.3 is 4.90 Å². The van der Waals surface area contributed by atoms with Crippen molar-refractivity contribution in [2.75, 3.05) is 18.0 Å². The van der Waals surface area contributed by atoms with Gasteiger partial charge in [-0.05, 0) is 24.3 Å². The zero-order valence-corrected chi connectivity index (χ0v) is 13.0. The lowest BCUT2D eigenvalue weighted by atomic mass is 9.89. The molecule has 0 atom stereocenters. The second-order valence-corrected chi connectivity index (χ2v) is 5.92. The number of hydrogen-bond donors (Lipinski definition) is 0. The predicted octanol–water partition coefficient (Wildman–Crippen LogP) is 4.53. The van der Waals surface area contributed by atoms with Crippen LogP contribution in [-0.4, -0.2) is 23.3 Å². The van der Waals surface area contributed by atoms with E-state index in [0.717, 1.165) is 19.0 Å². The van der Waals surface area contributed by atoms with Gasteiger partial charge in [0.1, 0.15) is 5.56 Å². The molecule has 1 saturated heterocycles. The lowest BCUT2D eigenvalue weighted by molar-refractivity contribution is -0.137. The molecule has 0 N–H and O–H groups in total. The highest BCUT2D eigenvalue weighted by Gasteiger charge is 2.39. The van der Waals surface area contributed by atoms with Crippen LogP contribution in [0, 0.1) is 0 Å². The van der Waals surface area contributed by atoms with Gasteiger partial charge in [0.25, 0.3) is 0 Å². The van der Waals surface area contributed by atoms with Crippen LogP contribution >= 0.6 is 11.6 Å². The average molecular weight is 342 g/mol. The van der Waals surface area contributed by atoms with Crippen LogP contribution in [0.5, 0.6) is 0 Å². The molecule has 122 valence electrons. The zero-order valence-electron chi connectivity index (χ0n) is 12.2. The Morgan fingerprint density at radius 1 is 1.09 bits per heavy atom. The van der Waals surface area contributed by atoms with Gasteiger partial charge in [0.05, 0.1) is 11.9 Å². The minimum Gasteiger partial charge on any atom is -0.370 e. The standard InChI is InChI=1S/C16H15ClF3N3/c17-15-14(16(18,19)20)13(10-21-22-15)23-8-6-12(7-9-23)11-4-2-1-3-5-11/h1-5,10,12H,6-9H2. The van der Waals surface area contributed by atoms with Crippen LogP contribution < -0.4 is 4.90 Å². The summed E-state index contributed by atoms with van der Waals surface area (Å²) in [4.78, 5) is 1.70. The molecule has 0 spiro atoms. The molecular formula is C16H15ClF3N3. The largest absolute Gasteiger partial charge is 0.421 e. The van der Waals surface area contributed by atoms with Crippen LogP contribution in [0.1, 0.15) is 29.9 Å². The third kappa shape index (κ3) is 3.42. The van der Waals surface area contributed by atoms with Crippen molar-refractivity contribution in [3.8, 4) is 0 Å². The molecule has 1 aromatic carbocycles. The molecule has 3 nitrogen and oxygen atoms in total. The van der Waals surface area contributed by atoms with Crippen molar-refractivity contribution in [1.82, 2.24) is 10.2 Å². The van der Waals surface area contributed by atoms with Crippen LogP contribution in [0.2, 0.25) is 5.15 Å². The Kier molecular flexibility index (Phi) is 4.43. The fourth-order valence-electron chi connectivity index (χ4n) is 3.04. The highest BCUT2D eigenvalue weighted by atomic mass is 35.5. The first-order valence-corrected chi connectivity index (χ1v) is 7.73. The van der Waals surface area contributed by atoms with Gasteiger partial charge in [-0.3, -0.25) is 0 Å². The Bertz CT molecular complexity index is 668. The summed E-state index contributed by atoms with van der Waals surface area (Å²) in [5.74, 6) is 0.368. The van der Waals surface area contributed by atoms with Crippen molar-refractivity contribution in [2.24, 2.45) is 0 Å². The molecule has 23 heavy (non-hydrogen) atoms. The minimum absolute atomic E-state index is 0.0176. The van der Waals surface area contributed by atoms with Gasteiger partial charge in [-0.15, -0.1) is 5.10 Å². The summed E-state index contributed by atoms with van der Waals surface area (Å²) < 4.78 is 39.7. The number of aromatic nitrogens is 2. The monoisotopic (exact) mass is 341 g/mol. The Labute approximate surface area is 137 Å². The first-order valence-electron chi connectivity index (χ1n) is 7.35. The third-order valence-electron chi connectivity index (χ3n) is 4.18. The number of nitrogens with zero attached hydrogens (tertiary/aromatic N) is 3. The third-order valence-corrected chi connectivity index (χ3v) is 4.44. The molecule has 3 rings (SSSR count). The Morgan fingerprint density at radius 3 is 2.35 bits per heavy atom. The van der Waals surface area contributed by atoms with E-state index in [9.17, 15) is 13.2 Å². The average Bonchev–Trinajstić information content (AvgIpc) is 2.54. The van der Waals surface area contributed by atoms with E-state index < -0.39 is 16.9 Å². The van der Waals surface area contributed by atoms with E-state index in [0.29, 0.717) is 19.0 Å². The number of piperidine rings is 1. The maximum atomic E-state index is 13.2. The fraction of sp³-hybridized carbons (Fsp3) is 0.375. The van der Waals surface area contributed by atoms with Crippen LogP contribution in [0.3, 0.4) is 0 Å². The van der Waals surface area contributed by atoms with Gasteiger partial charge in [-0.25, -0.2) is 0 Å². The molecule has 0 radical (unpaired) electrons. The minimum atomic E-state index is -4.54. The molecule has 1 aromatic heterocycles. The van der Waals surface area contributed by atoms with E-state index in [1.807, 2.05) is 18.2 Å². The first-order chi connectivity index (χ1) is 11.0. The summed E-state index contributed by atoms with van der Waals surface area (Å²) in [5.41, 5.74) is 0.352. The summed E-state index contributed by atoms with van der Waals surface area (Å²) in [6.07, 6.45) is -1.81. The molecular weight excluding hydrogens is 327 g/mol.